The molecule has 260 valence electrons. The number of hydrogen-bond donors (Lipinski definition) is 1. The summed E-state index contributed by atoms with van der Waals surface area (Å²) in [5.74, 6) is 0.697. The molecule has 0 atom stereocenters. The number of aromatic nitrogens is 4. The summed E-state index contributed by atoms with van der Waals surface area (Å²) in [6, 6.07) is 16.8. The number of sulfonamides is 2. The first kappa shape index (κ1) is 37.7. The number of benzene rings is 2. The van der Waals surface area contributed by atoms with Gasteiger partial charge in [-0.05, 0) is 35.4 Å². The van der Waals surface area contributed by atoms with Crippen LogP contribution in [0.1, 0.15) is 32.1 Å². The van der Waals surface area contributed by atoms with E-state index in [2.05, 4.69) is 10.2 Å². The number of hydrogen-bond acceptors (Lipinski definition) is 10. The molecule has 0 saturated heterocycles. The first-order valence-corrected chi connectivity index (χ1v) is 17.2. The fraction of sp³-hybridized carbons (Fsp3) is 0.333. The van der Waals surface area contributed by atoms with Crippen LogP contribution in [0.5, 0.6) is 11.5 Å². The van der Waals surface area contributed by atoms with Gasteiger partial charge in [0.2, 0.25) is 0 Å². The van der Waals surface area contributed by atoms with Gasteiger partial charge < -0.3 is 19.3 Å². The van der Waals surface area contributed by atoms with Crippen LogP contribution < -0.4 is 14.6 Å². The lowest BCUT2D eigenvalue weighted by atomic mass is 10.2. The molecule has 2 aromatic carbocycles. The fourth-order valence-electron chi connectivity index (χ4n) is 4.23. The van der Waals surface area contributed by atoms with Crippen molar-refractivity contribution in [3.8, 4) is 11.5 Å². The highest BCUT2D eigenvalue weighted by molar-refractivity contribution is 7.89. The number of aryl methyl sites for hydroxylation is 2. The molecular weight excluding hydrogens is 665 g/mol. The average Bonchev–Trinajstić information content (AvgIpc) is 3.64. The SMILES string of the molecule is CN(C)C(=O)c1cc(S(N)(=O)=O)nn1C.COc1ccc(CN(Cc2ccc(OC)cc2)S(=O)(=O)c2cc(C(=O)N(C)C)n(C)n2)cc1. The molecule has 0 aliphatic rings. The summed E-state index contributed by atoms with van der Waals surface area (Å²) in [6.07, 6.45) is 0. The van der Waals surface area contributed by atoms with E-state index in [0.717, 1.165) is 17.2 Å². The molecule has 4 rings (SSSR count). The largest absolute Gasteiger partial charge is 0.497 e. The third-order valence-electron chi connectivity index (χ3n) is 6.90. The Hall–Kier alpha value is -4.78. The molecule has 2 N–H and O–H groups in total. The molecule has 48 heavy (non-hydrogen) atoms. The minimum Gasteiger partial charge on any atom is -0.497 e. The summed E-state index contributed by atoms with van der Waals surface area (Å²) in [5, 5.41) is 12.2. The average molecular weight is 705 g/mol. The normalized spacial score (nSPS) is 11.5. The maximum absolute atomic E-state index is 13.6. The maximum Gasteiger partial charge on any atom is 0.271 e. The molecule has 4 aromatic rings. The number of nitrogens with two attached hydrogens (primary N) is 1. The highest BCUT2D eigenvalue weighted by Crippen LogP contribution is 2.23. The number of carbonyl (C=O) groups excluding carboxylic acids is 2. The van der Waals surface area contributed by atoms with Crippen molar-refractivity contribution in [2.45, 2.75) is 23.1 Å². The Kier molecular flexibility index (Phi) is 12.1. The van der Waals surface area contributed by atoms with Gasteiger partial charge >= 0.3 is 0 Å². The van der Waals surface area contributed by atoms with Gasteiger partial charge in [-0.15, -0.1) is 0 Å². The van der Waals surface area contributed by atoms with Gasteiger partial charge in [0.15, 0.2) is 10.1 Å². The van der Waals surface area contributed by atoms with Gasteiger partial charge in [0.25, 0.3) is 31.9 Å². The van der Waals surface area contributed by atoms with Crippen LogP contribution in [0, 0.1) is 0 Å². The van der Waals surface area contributed by atoms with E-state index >= 15 is 0 Å². The summed E-state index contributed by atoms with van der Waals surface area (Å²) in [7, 11) is 4.61. The molecule has 0 fully saturated rings. The van der Waals surface area contributed by atoms with Crippen molar-refractivity contribution in [2.75, 3.05) is 42.4 Å². The molecule has 16 nitrogen and oxygen atoms in total. The number of methoxy groups -OCH3 is 2. The Morgan fingerprint density at radius 2 is 1.04 bits per heavy atom. The van der Waals surface area contributed by atoms with E-state index in [9.17, 15) is 26.4 Å². The van der Waals surface area contributed by atoms with Gasteiger partial charge in [-0.1, -0.05) is 24.3 Å². The second-order valence-corrected chi connectivity index (χ2v) is 14.3. The van der Waals surface area contributed by atoms with Crippen LogP contribution in [-0.4, -0.2) is 105 Å². The second kappa shape index (κ2) is 15.4. The molecule has 0 saturated carbocycles. The van der Waals surface area contributed by atoms with E-state index in [0.29, 0.717) is 11.5 Å². The van der Waals surface area contributed by atoms with Crippen molar-refractivity contribution >= 4 is 31.9 Å². The van der Waals surface area contributed by atoms with E-state index in [-0.39, 0.29) is 46.3 Å². The molecule has 0 aliphatic heterocycles. The van der Waals surface area contributed by atoms with Gasteiger partial charge in [0, 0.05) is 67.5 Å². The van der Waals surface area contributed by atoms with Gasteiger partial charge in [0.05, 0.1) is 14.2 Å². The van der Waals surface area contributed by atoms with Crippen LogP contribution in [0.3, 0.4) is 0 Å². The molecule has 2 amide bonds. The summed E-state index contributed by atoms with van der Waals surface area (Å²) in [5.41, 5.74) is 1.93. The molecule has 18 heteroatoms. The lowest BCUT2D eigenvalue weighted by Crippen LogP contribution is -2.30. The van der Waals surface area contributed by atoms with Crippen LogP contribution in [0.4, 0.5) is 0 Å². The highest BCUT2D eigenvalue weighted by atomic mass is 32.2. The van der Waals surface area contributed by atoms with E-state index < -0.39 is 20.0 Å². The number of ether oxygens (including phenoxy) is 2. The monoisotopic (exact) mass is 704 g/mol. The van der Waals surface area contributed by atoms with Crippen LogP contribution in [0.15, 0.2) is 70.7 Å². The van der Waals surface area contributed by atoms with E-state index in [1.54, 1.807) is 73.7 Å². The third-order valence-corrected chi connectivity index (χ3v) is 9.35. The fourth-order valence-corrected chi connectivity index (χ4v) is 6.13. The Bertz CT molecular complexity index is 1900. The van der Waals surface area contributed by atoms with Gasteiger partial charge in [-0.3, -0.25) is 19.0 Å². The van der Waals surface area contributed by atoms with E-state index in [1.165, 1.54) is 36.6 Å². The first-order chi connectivity index (χ1) is 22.4. The number of rotatable bonds is 11. The summed E-state index contributed by atoms with van der Waals surface area (Å²) >= 11 is 0. The molecule has 2 aromatic heterocycles. The number of primary sulfonamides is 1. The minimum atomic E-state index is -4.02. The Labute approximate surface area is 280 Å². The smallest absolute Gasteiger partial charge is 0.271 e. The molecule has 2 heterocycles. The van der Waals surface area contributed by atoms with Gasteiger partial charge in [-0.2, -0.15) is 14.5 Å². The summed E-state index contributed by atoms with van der Waals surface area (Å²) in [4.78, 5) is 26.6. The Balaban J connectivity index is 0.000000348. The Morgan fingerprint density at radius 1 is 0.688 bits per heavy atom. The standard InChI is InChI=1S/C23H28N4O5S.C7H12N4O3S/c1-25(2)23(28)21-14-22(24-26(21)3)33(29,30)27(15-17-6-10-19(31-4)11-7-17)16-18-8-12-20(32-5)13-9-18;1-10(2)7(12)5-4-6(9-11(5)3)15(8,13)14/h6-14H,15-16H2,1-5H3;4H,1-3H3,(H2,8,13,14). The quantitative estimate of drug-likeness (QED) is 0.238. The van der Waals surface area contributed by atoms with Crippen LogP contribution >= 0.6 is 0 Å². The second-order valence-electron chi connectivity index (χ2n) is 10.9. The van der Waals surface area contributed by atoms with Crippen LogP contribution in [0.25, 0.3) is 0 Å². The van der Waals surface area contributed by atoms with Crippen molar-refractivity contribution in [3.63, 3.8) is 0 Å². The Morgan fingerprint density at radius 3 is 1.35 bits per heavy atom. The van der Waals surface area contributed by atoms with Crippen molar-refractivity contribution in [3.05, 3.63) is 83.2 Å². The zero-order valence-corrected chi connectivity index (χ0v) is 29.6. The topological polar surface area (TPSA) is 192 Å². The van der Waals surface area contributed by atoms with Crippen molar-refractivity contribution in [1.29, 1.82) is 0 Å². The first-order valence-electron chi connectivity index (χ1n) is 14.2. The van der Waals surface area contributed by atoms with Crippen molar-refractivity contribution in [2.24, 2.45) is 19.2 Å². The van der Waals surface area contributed by atoms with E-state index in [1.807, 2.05) is 24.3 Å². The van der Waals surface area contributed by atoms with E-state index in [4.69, 9.17) is 14.6 Å². The lowest BCUT2D eigenvalue weighted by molar-refractivity contribution is 0.0809. The molecule has 0 bridgehead atoms. The number of nitrogens with zero attached hydrogens (tertiary/aromatic N) is 7. The predicted molar refractivity (Wildman–Crippen MR) is 176 cm³/mol. The number of carbonyl (C=O) groups is 2. The van der Waals surface area contributed by atoms with Crippen LogP contribution in [0.2, 0.25) is 0 Å². The summed E-state index contributed by atoms with van der Waals surface area (Å²) in [6.45, 7) is 0.234. The molecule has 0 spiro atoms. The maximum atomic E-state index is 13.6. The minimum absolute atomic E-state index is 0.117. The van der Waals surface area contributed by atoms with Gasteiger partial charge in [-0.25, -0.2) is 22.0 Å². The van der Waals surface area contributed by atoms with Crippen molar-refractivity contribution in [1.82, 2.24) is 33.7 Å². The summed E-state index contributed by atoms with van der Waals surface area (Å²) < 4.78 is 63.4. The molecular formula is C30H40N8O8S2. The molecule has 0 aliphatic carbocycles. The molecule has 0 unspecified atom stereocenters. The lowest BCUT2D eigenvalue weighted by Gasteiger charge is -2.21. The van der Waals surface area contributed by atoms with Crippen LogP contribution in [-0.2, 0) is 47.2 Å². The molecule has 0 radical (unpaired) electrons. The van der Waals surface area contributed by atoms with Gasteiger partial charge in [0.1, 0.15) is 22.9 Å². The number of amides is 2. The third kappa shape index (κ3) is 9.18. The zero-order valence-electron chi connectivity index (χ0n) is 28.0. The van der Waals surface area contributed by atoms with Crippen molar-refractivity contribution < 1.29 is 35.9 Å². The zero-order chi connectivity index (χ0) is 36.0. The predicted octanol–water partition coefficient (Wildman–Crippen LogP) is 1.30. The highest BCUT2D eigenvalue weighted by Gasteiger charge is 2.30.